The molecule has 0 atom stereocenters. The zero-order valence-electron chi connectivity index (χ0n) is 16.9. The van der Waals surface area contributed by atoms with Crippen LogP contribution in [-0.2, 0) is 0 Å². The van der Waals surface area contributed by atoms with E-state index in [1.165, 1.54) is 90.3 Å². The van der Waals surface area contributed by atoms with Gasteiger partial charge in [0.2, 0.25) is 0 Å². The Bertz CT molecular complexity index is 378. The first-order chi connectivity index (χ1) is 11.7. The Morgan fingerprint density at radius 1 is 1.00 bits per heavy atom. The fourth-order valence-corrected chi connectivity index (χ4v) is 4.44. The van der Waals surface area contributed by atoms with Crippen LogP contribution in [0.15, 0.2) is 4.99 Å². The molecule has 4 nitrogen and oxygen atoms in total. The lowest BCUT2D eigenvalue weighted by Crippen LogP contribution is -2.41. The van der Waals surface area contributed by atoms with Crippen LogP contribution in [0.3, 0.4) is 0 Å². The van der Waals surface area contributed by atoms with Crippen LogP contribution >= 0.6 is 24.0 Å². The Hall–Kier alpha value is -0.0400. The number of unbranched alkanes of at least 4 members (excludes halogenated alkanes) is 4. The lowest BCUT2D eigenvalue weighted by Gasteiger charge is -2.33. The van der Waals surface area contributed by atoms with E-state index in [1.807, 2.05) is 7.05 Å². The van der Waals surface area contributed by atoms with E-state index in [2.05, 4.69) is 34.2 Å². The molecule has 0 bridgehead atoms. The highest BCUT2D eigenvalue weighted by Crippen LogP contribution is 2.43. The third-order valence-corrected chi connectivity index (χ3v) is 5.93. The molecular weight excluding hydrogens is 423 g/mol. The molecule has 0 aromatic rings. The van der Waals surface area contributed by atoms with E-state index in [-0.39, 0.29) is 24.0 Å². The molecule has 0 unspecified atom stereocenters. The summed E-state index contributed by atoms with van der Waals surface area (Å²) in [7, 11) is 6.26. The maximum absolute atomic E-state index is 4.54. The van der Waals surface area contributed by atoms with E-state index in [1.54, 1.807) is 0 Å². The first-order valence-electron chi connectivity index (χ1n) is 10.3. The van der Waals surface area contributed by atoms with Crippen molar-refractivity contribution in [3.8, 4) is 0 Å². The summed E-state index contributed by atoms with van der Waals surface area (Å²) in [6.07, 6.45) is 15.2. The van der Waals surface area contributed by atoms with Crippen LogP contribution in [-0.4, -0.2) is 63.1 Å². The summed E-state index contributed by atoms with van der Waals surface area (Å²) in [5, 5.41) is 3.61. The van der Waals surface area contributed by atoms with Crippen LogP contribution in [0.25, 0.3) is 0 Å². The summed E-state index contributed by atoms with van der Waals surface area (Å²) < 4.78 is 0. The molecule has 1 heterocycles. The van der Waals surface area contributed by atoms with Crippen LogP contribution in [0.5, 0.6) is 0 Å². The number of rotatable bonds is 8. The van der Waals surface area contributed by atoms with Crippen molar-refractivity contribution in [1.29, 1.82) is 0 Å². The van der Waals surface area contributed by atoms with E-state index in [0.29, 0.717) is 5.41 Å². The maximum Gasteiger partial charge on any atom is 0.193 e. The van der Waals surface area contributed by atoms with Crippen molar-refractivity contribution in [3.05, 3.63) is 0 Å². The van der Waals surface area contributed by atoms with E-state index in [0.717, 1.165) is 12.5 Å². The van der Waals surface area contributed by atoms with Gasteiger partial charge >= 0.3 is 0 Å². The largest absolute Gasteiger partial charge is 0.356 e. The van der Waals surface area contributed by atoms with Gasteiger partial charge in [0.05, 0.1) is 0 Å². The van der Waals surface area contributed by atoms with Crippen molar-refractivity contribution in [2.75, 3.05) is 47.3 Å². The van der Waals surface area contributed by atoms with Gasteiger partial charge in [-0.2, -0.15) is 0 Å². The summed E-state index contributed by atoms with van der Waals surface area (Å²) in [5.41, 5.74) is 0.613. The molecule has 5 heteroatoms. The standard InChI is InChI=1S/C20H40N4.HI/c1-21-19(22-15-10-5-4-6-11-16-23(2)3)24-17-14-20(18-24)12-8-7-9-13-20;/h4-18H2,1-3H3,(H,21,22);1H. The number of nitrogens with zero attached hydrogens (tertiary/aromatic N) is 3. The molecule has 0 amide bonds. The lowest BCUT2D eigenvalue weighted by molar-refractivity contribution is 0.203. The van der Waals surface area contributed by atoms with Crippen molar-refractivity contribution in [1.82, 2.24) is 15.1 Å². The predicted octanol–water partition coefficient (Wildman–Crippen LogP) is 4.35. The van der Waals surface area contributed by atoms with Gasteiger partial charge in [-0.15, -0.1) is 24.0 Å². The quantitative estimate of drug-likeness (QED) is 0.251. The molecule has 2 rings (SSSR count). The second-order valence-corrected chi connectivity index (χ2v) is 8.28. The van der Waals surface area contributed by atoms with Crippen molar-refractivity contribution in [2.45, 2.75) is 70.6 Å². The van der Waals surface area contributed by atoms with Gasteiger partial charge in [-0.1, -0.05) is 38.5 Å². The Balaban J connectivity index is 0.00000312. The van der Waals surface area contributed by atoms with E-state index in [9.17, 15) is 0 Å². The molecule has 1 saturated heterocycles. The highest BCUT2D eigenvalue weighted by molar-refractivity contribution is 14.0. The molecule has 0 radical (unpaired) electrons. The minimum absolute atomic E-state index is 0. The Labute approximate surface area is 173 Å². The van der Waals surface area contributed by atoms with Crippen molar-refractivity contribution in [2.24, 2.45) is 10.4 Å². The van der Waals surface area contributed by atoms with E-state index in [4.69, 9.17) is 0 Å². The number of halogens is 1. The van der Waals surface area contributed by atoms with E-state index >= 15 is 0 Å². The van der Waals surface area contributed by atoms with Crippen LogP contribution in [0, 0.1) is 5.41 Å². The van der Waals surface area contributed by atoms with Crippen LogP contribution in [0.2, 0.25) is 0 Å². The molecule has 1 spiro atoms. The average Bonchev–Trinajstić information content (AvgIpc) is 2.97. The molecular formula is C20H41IN4. The number of guanidine groups is 1. The van der Waals surface area contributed by atoms with Gasteiger partial charge in [0, 0.05) is 26.7 Å². The third-order valence-electron chi connectivity index (χ3n) is 5.93. The average molecular weight is 464 g/mol. The predicted molar refractivity (Wildman–Crippen MR) is 120 cm³/mol. The SMILES string of the molecule is CN=C(NCCCCCCCN(C)C)N1CCC2(CCCCC2)C1.I. The summed E-state index contributed by atoms with van der Waals surface area (Å²) in [4.78, 5) is 9.34. The highest BCUT2D eigenvalue weighted by atomic mass is 127. The summed E-state index contributed by atoms with van der Waals surface area (Å²) >= 11 is 0. The minimum atomic E-state index is 0. The normalized spacial score (nSPS) is 20.2. The van der Waals surface area contributed by atoms with Gasteiger partial charge in [0.1, 0.15) is 0 Å². The molecule has 0 aromatic carbocycles. The topological polar surface area (TPSA) is 30.9 Å². The van der Waals surface area contributed by atoms with Gasteiger partial charge in [-0.3, -0.25) is 4.99 Å². The molecule has 148 valence electrons. The molecule has 2 aliphatic rings. The number of hydrogen-bond acceptors (Lipinski definition) is 2. The smallest absolute Gasteiger partial charge is 0.193 e. The fraction of sp³-hybridized carbons (Fsp3) is 0.950. The number of nitrogens with one attached hydrogen (secondary N) is 1. The monoisotopic (exact) mass is 464 g/mol. The first kappa shape index (κ1) is 23.0. The molecule has 1 saturated carbocycles. The van der Waals surface area contributed by atoms with Gasteiger partial charge in [-0.05, 0) is 58.2 Å². The Morgan fingerprint density at radius 3 is 2.36 bits per heavy atom. The second-order valence-electron chi connectivity index (χ2n) is 8.28. The van der Waals surface area contributed by atoms with Gasteiger partial charge < -0.3 is 15.1 Å². The number of likely N-dealkylation sites (tertiary alicyclic amines) is 1. The molecule has 25 heavy (non-hydrogen) atoms. The van der Waals surface area contributed by atoms with E-state index < -0.39 is 0 Å². The Morgan fingerprint density at radius 2 is 1.68 bits per heavy atom. The van der Waals surface area contributed by atoms with Crippen LogP contribution in [0.1, 0.15) is 70.6 Å². The maximum atomic E-state index is 4.54. The first-order valence-corrected chi connectivity index (χ1v) is 10.3. The molecule has 2 fully saturated rings. The summed E-state index contributed by atoms with van der Waals surface area (Å²) in [6.45, 7) is 4.73. The zero-order chi connectivity index (χ0) is 17.3. The third kappa shape index (κ3) is 8.02. The van der Waals surface area contributed by atoms with Gasteiger partial charge in [0.15, 0.2) is 5.96 Å². The van der Waals surface area contributed by atoms with Crippen LogP contribution < -0.4 is 5.32 Å². The second kappa shape index (κ2) is 12.4. The van der Waals surface area contributed by atoms with Gasteiger partial charge in [0.25, 0.3) is 0 Å². The Kier molecular flexibility index (Phi) is 11.4. The molecule has 1 N–H and O–H groups in total. The number of aliphatic imine (C=N–C) groups is 1. The number of hydrogen-bond donors (Lipinski definition) is 1. The fourth-order valence-electron chi connectivity index (χ4n) is 4.44. The minimum Gasteiger partial charge on any atom is -0.356 e. The van der Waals surface area contributed by atoms with Crippen molar-refractivity contribution >= 4 is 29.9 Å². The summed E-state index contributed by atoms with van der Waals surface area (Å²) in [6, 6.07) is 0. The van der Waals surface area contributed by atoms with Crippen LogP contribution in [0.4, 0.5) is 0 Å². The lowest BCUT2D eigenvalue weighted by atomic mass is 9.73. The summed E-state index contributed by atoms with van der Waals surface area (Å²) in [5.74, 6) is 1.14. The molecule has 0 aromatic heterocycles. The van der Waals surface area contributed by atoms with Gasteiger partial charge in [-0.25, -0.2) is 0 Å². The zero-order valence-corrected chi connectivity index (χ0v) is 19.2. The van der Waals surface area contributed by atoms with Crippen molar-refractivity contribution in [3.63, 3.8) is 0 Å². The molecule has 1 aliphatic carbocycles. The highest BCUT2D eigenvalue weighted by Gasteiger charge is 2.39. The molecule has 1 aliphatic heterocycles. The van der Waals surface area contributed by atoms with Crippen molar-refractivity contribution < 1.29 is 0 Å².